The van der Waals surface area contributed by atoms with Crippen molar-refractivity contribution in [3.05, 3.63) is 34.6 Å². The van der Waals surface area contributed by atoms with Gasteiger partial charge in [-0.3, -0.25) is 9.59 Å². The highest BCUT2D eigenvalue weighted by Gasteiger charge is 2.18. The molecule has 1 aromatic carbocycles. The van der Waals surface area contributed by atoms with Gasteiger partial charge in [0.1, 0.15) is 5.82 Å². The largest absolute Gasteiger partial charge is 0.469 e. The SMILES string of the molecule is CCC[C@H](CC(=O)OC)NC(=O)c1ccc(F)cc1Cl. The van der Waals surface area contributed by atoms with E-state index in [9.17, 15) is 14.0 Å². The van der Waals surface area contributed by atoms with Crippen molar-refractivity contribution in [1.29, 1.82) is 0 Å². The van der Waals surface area contributed by atoms with E-state index < -0.39 is 17.7 Å². The quantitative estimate of drug-likeness (QED) is 0.822. The van der Waals surface area contributed by atoms with Crippen LogP contribution < -0.4 is 5.32 Å². The number of methoxy groups -OCH3 is 1. The zero-order valence-electron chi connectivity index (χ0n) is 11.4. The Kier molecular flexibility index (Phi) is 6.45. The van der Waals surface area contributed by atoms with Gasteiger partial charge in [-0.05, 0) is 24.6 Å². The van der Waals surface area contributed by atoms with Gasteiger partial charge >= 0.3 is 5.97 Å². The van der Waals surface area contributed by atoms with Crippen LogP contribution in [0.25, 0.3) is 0 Å². The number of nitrogens with one attached hydrogen (secondary N) is 1. The van der Waals surface area contributed by atoms with E-state index in [1.54, 1.807) is 0 Å². The van der Waals surface area contributed by atoms with Crippen molar-refractivity contribution in [3.63, 3.8) is 0 Å². The Morgan fingerprint density at radius 2 is 2.15 bits per heavy atom. The summed E-state index contributed by atoms with van der Waals surface area (Å²) in [5, 5.41) is 2.75. The zero-order valence-corrected chi connectivity index (χ0v) is 12.2. The maximum absolute atomic E-state index is 12.9. The number of ether oxygens (including phenoxy) is 1. The topological polar surface area (TPSA) is 55.4 Å². The molecular weight excluding hydrogens is 285 g/mol. The van der Waals surface area contributed by atoms with E-state index in [1.165, 1.54) is 13.2 Å². The fourth-order valence-corrected chi connectivity index (χ4v) is 2.05. The van der Waals surface area contributed by atoms with E-state index >= 15 is 0 Å². The summed E-state index contributed by atoms with van der Waals surface area (Å²) in [6.45, 7) is 1.95. The van der Waals surface area contributed by atoms with Crippen LogP contribution in [0.5, 0.6) is 0 Å². The van der Waals surface area contributed by atoms with Crippen LogP contribution in [0.3, 0.4) is 0 Å². The third kappa shape index (κ3) is 4.81. The molecule has 1 rings (SSSR count). The lowest BCUT2D eigenvalue weighted by Crippen LogP contribution is -2.36. The molecule has 0 bridgehead atoms. The van der Waals surface area contributed by atoms with E-state index in [1.807, 2.05) is 6.92 Å². The fourth-order valence-electron chi connectivity index (χ4n) is 1.80. The molecule has 0 radical (unpaired) electrons. The molecule has 0 saturated carbocycles. The number of halogens is 2. The molecule has 0 fully saturated rings. The molecule has 1 amide bonds. The van der Waals surface area contributed by atoms with Crippen LogP contribution in [0.1, 0.15) is 36.5 Å². The summed E-state index contributed by atoms with van der Waals surface area (Å²) in [5.74, 6) is -1.34. The van der Waals surface area contributed by atoms with Gasteiger partial charge in [0.15, 0.2) is 0 Å². The third-order valence-corrected chi connectivity index (χ3v) is 3.10. The molecular formula is C14H17ClFNO3. The number of rotatable bonds is 6. The predicted octanol–water partition coefficient (Wildman–Crippen LogP) is 2.94. The van der Waals surface area contributed by atoms with Crippen LogP contribution >= 0.6 is 11.6 Å². The summed E-state index contributed by atoms with van der Waals surface area (Å²) >= 11 is 5.83. The van der Waals surface area contributed by atoms with Crippen LogP contribution in [-0.4, -0.2) is 25.0 Å². The van der Waals surface area contributed by atoms with Crippen LogP contribution in [0.4, 0.5) is 4.39 Å². The molecule has 4 nitrogen and oxygen atoms in total. The Morgan fingerprint density at radius 1 is 1.45 bits per heavy atom. The van der Waals surface area contributed by atoms with Crippen LogP contribution in [0.2, 0.25) is 5.02 Å². The number of carbonyl (C=O) groups excluding carboxylic acids is 2. The Labute approximate surface area is 122 Å². The highest BCUT2D eigenvalue weighted by Crippen LogP contribution is 2.17. The van der Waals surface area contributed by atoms with Gasteiger partial charge < -0.3 is 10.1 Å². The Bertz CT molecular complexity index is 493. The van der Waals surface area contributed by atoms with Crippen LogP contribution in [0.15, 0.2) is 18.2 Å². The average Bonchev–Trinajstić information content (AvgIpc) is 2.38. The van der Waals surface area contributed by atoms with Crippen molar-refractivity contribution in [2.75, 3.05) is 7.11 Å². The first kappa shape index (κ1) is 16.4. The number of hydrogen-bond donors (Lipinski definition) is 1. The molecule has 1 atom stereocenters. The second-order valence-corrected chi connectivity index (χ2v) is 4.77. The van der Waals surface area contributed by atoms with Crippen molar-refractivity contribution in [2.24, 2.45) is 0 Å². The summed E-state index contributed by atoms with van der Waals surface area (Å²) in [6, 6.07) is 3.22. The second-order valence-electron chi connectivity index (χ2n) is 4.36. The van der Waals surface area contributed by atoms with E-state index in [0.29, 0.717) is 6.42 Å². The smallest absolute Gasteiger partial charge is 0.307 e. The molecule has 0 aliphatic carbocycles. The predicted molar refractivity (Wildman–Crippen MR) is 74.2 cm³/mol. The highest BCUT2D eigenvalue weighted by atomic mass is 35.5. The maximum atomic E-state index is 12.9. The summed E-state index contributed by atoms with van der Waals surface area (Å²) in [6.07, 6.45) is 1.54. The normalized spacial score (nSPS) is 11.8. The highest BCUT2D eigenvalue weighted by molar-refractivity contribution is 6.33. The first-order valence-corrected chi connectivity index (χ1v) is 6.68. The van der Waals surface area contributed by atoms with E-state index in [-0.39, 0.29) is 23.0 Å². The van der Waals surface area contributed by atoms with E-state index in [4.69, 9.17) is 11.6 Å². The zero-order chi connectivity index (χ0) is 15.1. The Morgan fingerprint density at radius 3 is 2.70 bits per heavy atom. The summed E-state index contributed by atoms with van der Waals surface area (Å²) < 4.78 is 17.5. The van der Waals surface area contributed by atoms with Crippen molar-refractivity contribution in [3.8, 4) is 0 Å². The second kappa shape index (κ2) is 7.85. The van der Waals surface area contributed by atoms with Crippen LogP contribution in [-0.2, 0) is 9.53 Å². The number of benzene rings is 1. The van der Waals surface area contributed by atoms with Gasteiger partial charge in [-0.1, -0.05) is 24.9 Å². The van der Waals surface area contributed by atoms with Gasteiger partial charge in [0, 0.05) is 6.04 Å². The van der Waals surface area contributed by atoms with Crippen molar-refractivity contribution < 1.29 is 18.7 Å². The van der Waals surface area contributed by atoms with Crippen molar-refractivity contribution in [2.45, 2.75) is 32.2 Å². The van der Waals surface area contributed by atoms with Gasteiger partial charge in [-0.2, -0.15) is 0 Å². The molecule has 0 heterocycles. The minimum atomic E-state index is -0.508. The molecule has 110 valence electrons. The molecule has 1 N–H and O–H groups in total. The summed E-state index contributed by atoms with van der Waals surface area (Å²) in [7, 11) is 1.30. The number of hydrogen-bond acceptors (Lipinski definition) is 3. The first-order valence-electron chi connectivity index (χ1n) is 6.30. The standard InChI is InChI=1S/C14H17ClFNO3/c1-3-4-10(8-13(18)20-2)17-14(19)11-6-5-9(16)7-12(11)15/h5-7,10H,3-4,8H2,1-2H3,(H,17,19)/t10-/m1/s1. The minimum Gasteiger partial charge on any atom is -0.469 e. The van der Waals surface area contributed by atoms with Gasteiger partial charge in [0.25, 0.3) is 5.91 Å². The Balaban J connectivity index is 2.76. The molecule has 0 aromatic heterocycles. The number of carbonyl (C=O) groups is 2. The van der Waals surface area contributed by atoms with E-state index in [2.05, 4.69) is 10.1 Å². The lowest BCUT2D eigenvalue weighted by Gasteiger charge is -2.17. The van der Waals surface area contributed by atoms with Gasteiger partial charge in [0.05, 0.1) is 24.1 Å². The van der Waals surface area contributed by atoms with Crippen molar-refractivity contribution >= 4 is 23.5 Å². The molecule has 0 spiro atoms. The van der Waals surface area contributed by atoms with E-state index in [0.717, 1.165) is 18.6 Å². The Hall–Kier alpha value is -1.62. The van der Waals surface area contributed by atoms with Crippen molar-refractivity contribution in [1.82, 2.24) is 5.32 Å². The average molecular weight is 302 g/mol. The molecule has 20 heavy (non-hydrogen) atoms. The minimum absolute atomic E-state index is 0.0378. The van der Waals surface area contributed by atoms with Crippen LogP contribution in [0, 0.1) is 5.82 Å². The molecule has 0 saturated heterocycles. The molecule has 1 aromatic rings. The third-order valence-electron chi connectivity index (χ3n) is 2.79. The maximum Gasteiger partial charge on any atom is 0.307 e. The number of amides is 1. The monoisotopic (exact) mass is 301 g/mol. The molecule has 0 aliphatic rings. The molecule has 0 unspecified atom stereocenters. The van der Waals surface area contributed by atoms with Gasteiger partial charge in [-0.15, -0.1) is 0 Å². The fraction of sp³-hybridized carbons (Fsp3) is 0.429. The molecule has 0 aliphatic heterocycles. The molecule has 6 heteroatoms. The lowest BCUT2D eigenvalue weighted by atomic mass is 10.1. The first-order chi connectivity index (χ1) is 9.47. The number of esters is 1. The summed E-state index contributed by atoms with van der Waals surface area (Å²) in [5.41, 5.74) is 0.180. The lowest BCUT2D eigenvalue weighted by molar-refractivity contribution is -0.141. The van der Waals surface area contributed by atoms with Gasteiger partial charge in [0.2, 0.25) is 0 Å². The van der Waals surface area contributed by atoms with Gasteiger partial charge in [-0.25, -0.2) is 4.39 Å². The summed E-state index contributed by atoms with van der Waals surface area (Å²) in [4.78, 5) is 23.3.